The summed E-state index contributed by atoms with van der Waals surface area (Å²) in [6, 6.07) is 6.12. The van der Waals surface area contributed by atoms with Crippen molar-refractivity contribution in [2.75, 3.05) is 13.1 Å². The van der Waals surface area contributed by atoms with Crippen molar-refractivity contribution in [1.82, 2.24) is 9.88 Å². The standard InChI is InChI=1S/C10H14N2.C2H2O4/c1-2-6-11-10(5-1)9-12-7-3-4-8-12;3-1(4)2(5)6/h1-2,5-6H,3-4,7-9H2;(H,3,4)(H,5,6). The van der Waals surface area contributed by atoms with Gasteiger partial charge in [-0.2, -0.15) is 0 Å². The lowest BCUT2D eigenvalue weighted by Gasteiger charge is -2.12. The van der Waals surface area contributed by atoms with Crippen LogP contribution >= 0.6 is 0 Å². The summed E-state index contributed by atoms with van der Waals surface area (Å²) in [4.78, 5) is 25.0. The summed E-state index contributed by atoms with van der Waals surface area (Å²) in [6.45, 7) is 3.52. The van der Waals surface area contributed by atoms with Gasteiger partial charge < -0.3 is 10.2 Å². The van der Waals surface area contributed by atoms with Crippen molar-refractivity contribution >= 4 is 11.9 Å². The van der Waals surface area contributed by atoms with Crippen molar-refractivity contribution in [3.8, 4) is 0 Å². The molecule has 1 saturated heterocycles. The van der Waals surface area contributed by atoms with Gasteiger partial charge in [0.05, 0.1) is 5.69 Å². The molecule has 0 spiro atoms. The molecule has 0 atom stereocenters. The fourth-order valence-corrected chi connectivity index (χ4v) is 1.66. The number of carboxylic acids is 2. The second-order valence-electron chi connectivity index (χ2n) is 3.91. The number of carboxylic acid groups (broad SMARTS) is 2. The Hall–Kier alpha value is -1.95. The minimum atomic E-state index is -1.82. The zero-order valence-electron chi connectivity index (χ0n) is 9.95. The third-order valence-corrected chi connectivity index (χ3v) is 2.49. The highest BCUT2D eigenvalue weighted by Crippen LogP contribution is 2.10. The van der Waals surface area contributed by atoms with Gasteiger partial charge in [-0.05, 0) is 38.1 Å². The van der Waals surface area contributed by atoms with E-state index in [2.05, 4.69) is 22.0 Å². The molecule has 0 saturated carbocycles. The van der Waals surface area contributed by atoms with Crippen molar-refractivity contribution in [1.29, 1.82) is 0 Å². The molecule has 1 aliphatic heterocycles. The fourth-order valence-electron chi connectivity index (χ4n) is 1.66. The van der Waals surface area contributed by atoms with Crippen LogP contribution in [0.2, 0.25) is 0 Å². The Kier molecular flexibility index (Phi) is 5.79. The van der Waals surface area contributed by atoms with Crippen LogP contribution in [0.5, 0.6) is 0 Å². The van der Waals surface area contributed by atoms with Crippen molar-refractivity contribution in [3.05, 3.63) is 30.1 Å². The Balaban J connectivity index is 0.000000232. The van der Waals surface area contributed by atoms with Gasteiger partial charge in [0.25, 0.3) is 0 Å². The van der Waals surface area contributed by atoms with E-state index in [0.717, 1.165) is 6.54 Å². The predicted octanol–water partition coefficient (Wildman–Crippen LogP) is 0.833. The van der Waals surface area contributed by atoms with Gasteiger partial charge in [0.15, 0.2) is 0 Å². The molecule has 0 amide bonds. The van der Waals surface area contributed by atoms with Crippen LogP contribution in [0.3, 0.4) is 0 Å². The van der Waals surface area contributed by atoms with Crippen LogP contribution in [0.25, 0.3) is 0 Å². The van der Waals surface area contributed by atoms with Crippen molar-refractivity contribution in [2.24, 2.45) is 0 Å². The first kappa shape index (κ1) is 14.1. The summed E-state index contributed by atoms with van der Waals surface area (Å²) in [6.07, 6.45) is 4.57. The smallest absolute Gasteiger partial charge is 0.414 e. The Labute approximate surface area is 105 Å². The lowest BCUT2D eigenvalue weighted by molar-refractivity contribution is -0.159. The Morgan fingerprint density at radius 2 is 1.78 bits per heavy atom. The van der Waals surface area contributed by atoms with Crippen molar-refractivity contribution in [3.63, 3.8) is 0 Å². The average Bonchev–Trinajstić information content (AvgIpc) is 2.84. The highest BCUT2D eigenvalue weighted by Gasteiger charge is 2.11. The number of aliphatic carboxylic acids is 2. The van der Waals surface area contributed by atoms with Gasteiger partial charge >= 0.3 is 11.9 Å². The highest BCUT2D eigenvalue weighted by molar-refractivity contribution is 6.27. The van der Waals surface area contributed by atoms with E-state index >= 15 is 0 Å². The van der Waals surface area contributed by atoms with E-state index in [4.69, 9.17) is 19.8 Å². The molecule has 2 N–H and O–H groups in total. The van der Waals surface area contributed by atoms with E-state index in [1.165, 1.54) is 31.6 Å². The van der Waals surface area contributed by atoms with Crippen LogP contribution in [0, 0.1) is 0 Å². The van der Waals surface area contributed by atoms with Crippen LogP contribution in [0.1, 0.15) is 18.5 Å². The number of rotatable bonds is 2. The topological polar surface area (TPSA) is 90.7 Å². The molecule has 1 fully saturated rings. The number of likely N-dealkylation sites (tertiary alicyclic amines) is 1. The maximum atomic E-state index is 9.10. The van der Waals surface area contributed by atoms with E-state index in [1.807, 2.05) is 12.3 Å². The van der Waals surface area contributed by atoms with E-state index in [-0.39, 0.29) is 0 Å². The number of hydrogen-bond donors (Lipinski definition) is 2. The predicted molar refractivity (Wildman–Crippen MR) is 64.0 cm³/mol. The van der Waals surface area contributed by atoms with Crippen LogP contribution in [0.15, 0.2) is 24.4 Å². The molecule has 1 aromatic heterocycles. The second-order valence-corrected chi connectivity index (χ2v) is 3.91. The largest absolute Gasteiger partial charge is 0.473 e. The molecule has 0 radical (unpaired) electrons. The highest BCUT2D eigenvalue weighted by atomic mass is 16.4. The first-order chi connectivity index (χ1) is 8.59. The van der Waals surface area contributed by atoms with E-state index in [0.29, 0.717) is 0 Å². The lowest BCUT2D eigenvalue weighted by Crippen LogP contribution is -2.18. The SMILES string of the molecule is O=C(O)C(=O)O.c1ccc(CN2CCCC2)nc1. The molecule has 0 aliphatic carbocycles. The van der Waals surface area contributed by atoms with Crippen LogP contribution < -0.4 is 0 Å². The van der Waals surface area contributed by atoms with Gasteiger partial charge in [-0.1, -0.05) is 6.07 Å². The Morgan fingerprint density at radius 1 is 1.17 bits per heavy atom. The van der Waals surface area contributed by atoms with Crippen molar-refractivity contribution in [2.45, 2.75) is 19.4 Å². The van der Waals surface area contributed by atoms with Gasteiger partial charge in [0.2, 0.25) is 0 Å². The molecule has 18 heavy (non-hydrogen) atoms. The van der Waals surface area contributed by atoms with Crippen LogP contribution in [-0.2, 0) is 16.1 Å². The third-order valence-electron chi connectivity index (χ3n) is 2.49. The first-order valence-electron chi connectivity index (χ1n) is 5.68. The number of carbonyl (C=O) groups is 2. The lowest BCUT2D eigenvalue weighted by atomic mass is 10.3. The quantitative estimate of drug-likeness (QED) is 0.758. The number of hydrogen-bond acceptors (Lipinski definition) is 4. The summed E-state index contributed by atoms with van der Waals surface area (Å²) in [5.41, 5.74) is 1.19. The molecular weight excluding hydrogens is 236 g/mol. The van der Waals surface area contributed by atoms with Crippen LogP contribution in [0.4, 0.5) is 0 Å². The summed E-state index contributed by atoms with van der Waals surface area (Å²) in [7, 11) is 0. The molecule has 0 bridgehead atoms. The van der Waals surface area contributed by atoms with Crippen molar-refractivity contribution < 1.29 is 19.8 Å². The van der Waals surface area contributed by atoms with E-state index in [9.17, 15) is 0 Å². The van der Waals surface area contributed by atoms with E-state index < -0.39 is 11.9 Å². The third kappa shape index (κ3) is 5.40. The molecular formula is C12H16N2O4. The van der Waals surface area contributed by atoms with Gasteiger partial charge in [-0.15, -0.1) is 0 Å². The fraction of sp³-hybridized carbons (Fsp3) is 0.417. The minimum absolute atomic E-state index is 1.03. The number of pyridine rings is 1. The first-order valence-corrected chi connectivity index (χ1v) is 5.68. The molecule has 0 aromatic carbocycles. The molecule has 1 aliphatic rings. The normalized spacial score (nSPS) is 14.7. The van der Waals surface area contributed by atoms with Gasteiger partial charge in [-0.3, -0.25) is 9.88 Å². The summed E-state index contributed by atoms with van der Waals surface area (Å²) < 4.78 is 0. The maximum Gasteiger partial charge on any atom is 0.414 e. The van der Waals surface area contributed by atoms with E-state index in [1.54, 1.807) is 0 Å². The van der Waals surface area contributed by atoms with Gasteiger partial charge in [-0.25, -0.2) is 9.59 Å². The number of aromatic nitrogens is 1. The molecule has 6 heteroatoms. The average molecular weight is 252 g/mol. The zero-order valence-corrected chi connectivity index (χ0v) is 9.95. The minimum Gasteiger partial charge on any atom is -0.473 e. The molecule has 2 heterocycles. The Morgan fingerprint density at radius 3 is 2.22 bits per heavy atom. The Bertz CT molecular complexity index is 376. The molecule has 2 rings (SSSR count). The zero-order chi connectivity index (χ0) is 13.4. The second kappa shape index (κ2) is 7.39. The molecule has 98 valence electrons. The monoisotopic (exact) mass is 252 g/mol. The summed E-state index contributed by atoms with van der Waals surface area (Å²) >= 11 is 0. The van der Waals surface area contributed by atoms with Gasteiger partial charge in [0, 0.05) is 12.7 Å². The molecule has 1 aromatic rings. The van der Waals surface area contributed by atoms with Crippen LogP contribution in [-0.4, -0.2) is 45.1 Å². The summed E-state index contributed by atoms with van der Waals surface area (Å²) in [5, 5.41) is 14.8. The summed E-state index contributed by atoms with van der Waals surface area (Å²) in [5.74, 6) is -3.65. The molecule has 6 nitrogen and oxygen atoms in total. The molecule has 0 unspecified atom stereocenters. The number of nitrogens with zero attached hydrogens (tertiary/aromatic N) is 2. The maximum absolute atomic E-state index is 9.10. The van der Waals surface area contributed by atoms with Gasteiger partial charge in [0.1, 0.15) is 0 Å².